The largest absolute Gasteiger partial charge is 0.454 e. The van der Waals surface area contributed by atoms with Crippen molar-refractivity contribution >= 4 is 52.5 Å². The second kappa shape index (κ2) is 9.68. The first-order valence-corrected chi connectivity index (χ1v) is 11.1. The van der Waals surface area contributed by atoms with E-state index >= 15 is 0 Å². The number of aromatic nitrogens is 3. The Bertz CT molecular complexity index is 1190. The average Bonchev–Trinajstić information content (AvgIpc) is 3.38. The Morgan fingerprint density at radius 1 is 1.12 bits per heavy atom. The van der Waals surface area contributed by atoms with E-state index in [1.807, 2.05) is 0 Å². The van der Waals surface area contributed by atoms with Gasteiger partial charge in [-0.2, -0.15) is 0 Å². The highest BCUT2D eigenvalue weighted by Crippen LogP contribution is 2.32. The Kier molecular flexibility index (Phi) is 6.73. The second-order valence-corrected chi connectivity index (χ2v) is 8.46. The molecule has 0 radical (unpaired) electrons. The number of rotatable bonds is 7. The molecule has 0 saturated heterocycles. The molecule has 0 atom stereocenters. The summed E-state index contributed by atoms with van der Waals surface area (Å²) in [6, 6.07) is 9.81. The van der Waals surface area contributed by atoms with Crippen LogP contribution in [0.5, 0.6) is 11.5 Å². The van der Waals surface area contributed by atoms with Gasteiger partial charge >= 0.3 is 0 Å². The molecule has 2 N–H and O–H groups in total. The zero-order valence-electron chi connectivity index (χ0n) is 16.7. The summed E-state index contributed by atoms with van der Waals surface area (Å²) in [7, 11) is 1.76. The van der Waals surface area contributed by atoms with Crippen LogP contribution < -0.4 is 20.1 Å². The monoisotopic (exact) mass is 493 g/mol. The fourth-order valence-electron chi connectivity index (χ4n) is 2.83. The third-order valence-electron chi connectivity index (χ3n) is 4.50. The van der Waals surface area contributed by atoms with Gasteiger partial charge in [0.25, 0.3) is 5.91 Å². The van der Waals surface area contributed by atoms with E-state index < -0.39 is 0 Å². The SMILES string of the molecule is Cn1c(CNC(=O)c2ccc3c(c2)OCO3)nnc1SCC(=O)Nc1ccc(Cl)cc1Cl. The second-order valence-electron chi connectivity index (χ2n) is 6.67. The van der Waals surface area contributed by atoms with Gasteiger partial charge in [0.05, 0.1) is 23.0 Å². The zero-order valence-corrected chi connectivity index (χ0v) is 19.1. The number of halogens is 2. The number of nitrogens with one attached hydrogen (secondary N) is 2. The van der Waals surface area contributed by atoms with Crippen LogP contribution in [0.15, 0.2) is 41.6 Å². The molecule has 0 aliphatic carbocycles. The van der Waals surface area contributed by atoms with Crippen LogP contribution in [-0.2, 0) is 18.4 Å². The van der Waals surface area contributed by atoms with Crippen molar-refractivity contribution in [2.45, 2.75) is 11.7 Å². The normalized spacial score (nSPS) is 12.0. The van der Waals surface area contributed by atoms with Crippen molar-refractivity contribution in [3.63, 3.8) is 0 Å². The number of hydrogen-bond donors (Lipinski definition) is 2. The standard InChI is InChI=1S/C20H17Cl2N5O4S/c1-27-17(8-23-19(29)11-2-5-15-16(6-11)31-10-30-15)25-26-20(27)32-9-18(28)24-14-4-3-12(21)7-13(14)22/h2-7H,8-10H2,1H3,(H,23,29)(H,24,28). The highest BCUT2D eigenvalue weighted by atomic mass is 35.5. The van der Waals surface area contributed by atoms with Gasteiger partial charge in [0.15, 0.2) is 22.5 Å². The Balaban J connectivity index is 1.30. The summed E-state index contributed by atoms with van der Waals surface area (Å²) in [4.78, 5) is 24.7. The number of ether oxygens (including phenoxy) is 2. The summed E-state index contributed by atoms with van der Waals surface area (Å²) >= 11 is 13.1. The van der Waals surface area contributed by atoms with Crippen LogP contribution in [0, 0.1) is 0 Å². The Hall–Kier alpha value is -2.95. The Morgan fingerprint density at radius 2 is 1.94 bits per heavy atom. The summed E-state index contributed by atoms with van der Waals surface area (Å²) in [6.07, 6.45) is 0. The predicted molar refractivity (Wildman–Crippen MR) is 121 cm³/mol. The number of thioether (sulfide) groups is 1. The molecular weight excluding hydrogens is 477 g/mol. The minimum absolute atomic E-state index is 0.106. The van der Waals surface area contributed by atoms with Crippen LogP contribution in [0.2, 0.25) is 10.0 Å². The van der Waals surface area contributed by atoms with E-state index in [-0.39, 0.29) is 30.9 Å². The molecule has 0 unspecified atom stereocenters. The molecule has 4 rings (SSSR count). The van der Waals surface area contributed by atoms with Crippen LogP contribution in [0.3, 0.4) is 0 Å². The molecule has 2 aromatic carbocycles. The van der Waals surface area contributed by atoms with Gasteiger partial charge in [-0.3, -0.25) is 9.59 Å². The molecule has 12 heteroatoms. The van der Waals surface area contributed by atoms with E-state index in [4.69, 9.17) is 32.7 Å². The maximum Gasteiger partial charge on any atom is 0.251 e. The van der Waals surface area contributed by atoms with Crippen LogP contribution in [-0.4, -0.2) is 39.1 Å². The van der Waals surface area contributed by atoms with Crippen molar-refractivity contribution in [2.24, 2.45) is 7.05 Å². The number of amides is 2. The number of anilines is 1. The van der Waals surface area contributed by atoms with E-state index in [0.717, 1.165) is 0 Å². The lowest BCUT2D eigenvalue weighted by molar-refractivity contribution is -0.113. The van der Waals surface area contributed by atoms with Gasteiger partial charge in [-0.25, -0.2) is 0 Å². The van der Waals surface area contributed by atoms with Crippen LogP contribution >= 0.6 is 35.0 Å². The van der Waals surface area contributed by atoms with Crippen molar-refractivity contribution in [1.29, 1.82) is 0 Å². The van der Waals surface area contributed by atoms with E-state index in [1.165, 1.54) is 11.8 Å². The van der Waals surface area contributed by atoms with Crippen molar-refractivity contribution in [1.82, 2.24) is 20.1 Å². The van der Waals surface area contributed by atoms with Crippen molar-refractivity contribution < 1.29 is 19.1 Å². The molecular formula is C20H17Cl2N5O4S. The first-order chi connectivity index (χ1) is 15.4. The van der Waals surface area contributed by atoms with Crippen molar-refractivity contribution in [2.75, 3.05) is 17.9 Å². The molecule has 0 fully saturated rings. The number of hydrogen-bond acceptors (Lipinski definition) is 7. The van der Waals surface area contributed by atoms with Crippen molar-refractivity contribution in [3.8, 4) is 11.5 Å². The number of nitrogens with zero attached hydrogens (tertiary/aromatic N) is 3. The number of benzene rings is 2. The van der Waals surface area contributed by atoms with Gasteiger partial charge in [-0.15, -0.1) is 10.2 Å². The van der Waals surface area contributed by atoms with Crippen LogP contribution in [0.1, 0.15) is 16.2 Å². The van der Waals surface area contributed by atoms with Gasteiger partial charge in [0, 0.05) is 17.6 Å². The number of carbonyl (C=O) groups excluding carboxylic acids is 2. The van der Waals surface area contributed by atoms with E-state index in [2.05, 4.69) is 20.8 Å². The minimum atomic E-state index is -0.278. The maximum atomic E-state index is 12.4. The number of carbonyl (C=O) groups is 2. The fourth-order valence-corrected chi connectivity index (χ4v) is 4.02. The molecule has 32 heavy (non-hydrogen) atoms. The minimum Gasteiger partial charge on any atom is -0.454 e. The smallest absolute Gasteiger partial charge is 0.251 e. The maximum absolute atomic E-state index is 12.4. The average molecular weight is 494 g/mol. The van der Waals surface area contributed by atoms with E-state index in [9.17, 15) is 9.59 Å². The Morgan fingerprint density at radius 3 is 2.75 bits per heavy atom. The molecule has 2 heterocycles. The highest BCUT2D eigenvalue weighted by Gasteiger charge is 2.17. The first kappa shape index (κ1) is 22.3. The highest BCUT2D eigenvalue weighted by molar-refractivity contribution is 7.99. The predicted octanol–water partition coefficient (Wildman–Crippen LogP) is 3.51. The third kappa shape index (κ3) is 5.09. The molecule has 1 aliphatic rings. The summed E-state index contributed by atoms with van der Waals surface area (Å²) in [6.45, 7) is 0.314. The summed E-state index contributed by atoms with van der Waals surface area (Å²) in [5, 5.41) is 15.1. The summed E-state index contributed by atoms with van der Waals surface area (Å²) < 4.78 is 12.3. The van der Waals surface area contributed by atoms with Gasteiger partial charge < -0.3 is 24.7 Å². The molecule has 1 aromatic heterocycles. The molecule has 2 amide bonds. The summed E-state index contributed by atoms with van der Waals surface area (Å²) in [5.41, 5.74) is 0.926. The van der Waals surface area contributed by atoms with Crippen LogP contribution in [0.25, 0.3) is 0 Å². The van der Waals surface area contributed by atoms with E-state index in [1.54, 1.807) is 48.0 Å². The molecule has 1 aliphatic heterocycles. The Labute approximate surface area is 197 Å². The summed E-state index contributed by atoms with van der Waals surface area (Å²) in [5.74, 6) is 1.27. The topological polar surface area (TPSA) is 107 Å². The molecule has 0 spiro atoms. The van der Waals surface area contributed by atoms with Crippen molar-refractivity contribution in [3.05, 3.63) is 57.8 Å². The number of fused-ring (bicyclic) bond motifs is 1. The fraction of sp³-hybridized carbons (Fsp3) is 0.200. The van der Waals surface area contributed by atoms with Gasteiger partial charge in [-0.1, -0.05) is 35.0 Å². The molecule has 0 saturated carbocycles. The molecule has 9 nitrogen and oxygen atoms in total. The lowest BCUT2D eigenvalue weighted by Gasteiger charge is -2.08. The van der Waals surface area contributed by atoms with Crippen LogP contribution in [0.4, 0.5) is 5.69 Å². The molecule has 0 bridgehead atoms. The van der Waals surface area contributed by atoms with Gasteiger partial charge in [0.1, 0.15) is 0 Å². The molecule has 166 valence electrons. The third-order valence-corrected chi connectivity index (χ3v) is 6.07. The van der Waals surface area contributed by atoms with E-state index in [0.29, 0.717) is 43.8 Å². The van der Waals surface area contributed by atoms with Gasteiger partial charge in [-0.05, 0) is 36.4 Å². The lowest BCUT2D eigenvalue weighted by Crippen LogP contribution is -2.24. The van der Waals surface area contributed by atoms with Gasteiger partial charge in [0.2, 0.25) is 12.7 Å². The lowest BCUT2D eigenvalue weighted by atomic mass is 10.2. The zero-order chi connectivity index (χ0) is 22.7. The quantitative estimate of drug-likeness (QED) is 0.484. The molecule has 3 aromatic rings. The first-order valence-electron chi connectivity index (χ1n) is 9.34.